The molecule has 1 radical (unpaired) electrons. The van der Waals surface area contributed by atoms with Crippen molar-refractivity contribution >= 4 is 5.91 Å². The molecule has 0 fully saturated rings. The highest BCUT2D eigenvalue weighted by molar-refractivity contribution is 5.87. The number of amides is 1. The number of carbonyl (C=O) groups is 1. The average Bonchev–Trinajstić information content (AvgIpc) is 2.42. The van der Waals surface area contributed by atoms with Crippen LogP contribution in [0.25, 0.3) is 0 Å². The summed E-state index contributed by atoms with van der Waals surface area (Å²) >= 11 is 0. The second-order valence-electron chi connectivity index (χ2n) is 3.31. The van der Waals surface area contributed by atoms with Gasteiger partial charge in [-0.3, -0.25) is 4.79 Å². The van der Waals surface area contributed by atoms with Crippen molar-refractivity contribution in [3.63, 3.8) is 0 Å². The van der Waals surface area contributed by atoms with Crippen LogP contribution in [0.15, 0.2) is 24.3 Å². The summed E-state index contributed by atoms with van der Waals surface area (Å²) in [6, 6.07) is 7.48. The van der Waals surface area contributed by atoms with E-state index < -0.39 is 11.5 Å². The van der Waals surface area contributed by atoms with Crippen molar-refractivity contribution < 1.29 is 9.90 Å². The zero-order chi connectivity index (χ0) is 9.47. The van der Waals surface area contributed by atoms with Gasteiger partial charge in [-0.05, 0) is 11.1 Å². The van der Waals surface area contributed by atoms with E-state index in [0.29, 0.717) is 6.42 Å². The highest BCUT2D eigenvalue weighted by Crippen LogP contribution is 2.31. The molecule has 1 aliphatic carbocycles. The molecule has 0 aliphatic heterocycles. The molecule has 1 aromatic carbocycles. The third-order valence-corrected chi connectivity index (χ3v) is 2.34. The van der Waals surface area contributed by atoms with Crippen molar-refractivity contribution in [1.82, 2.24) is 0 Å². The van der Waals surface area contributed by atoms with Gasteiger partial charge in [-0.1, -0.05) is 24.3 Å². The molecule has 0 unspecified atom stereocenters. The van der Waals surface area contributed by atoms with E-state index in [9.17, 15) is 9.90 Å². The molecular formula is C10H10NO2. The van der Waals surface area contributed by atoms with Crippen LogP contribution in [0.4, 0.5) is 0 Å². The maximum absolute atomic E-state index is 10.9. The minimum atomic E-state index is -1.48. The summed E-state index contributed by atoms with van der Waals surface area (Å²) in [6.07, 6.45) is 1.81. The second kappa shape index (κ2) is 2.57. The summed E-state index contributed by atoms with van der Waals surface area (Å²) in [5, 5.41) is 9.76. The summed E-state index contributed by atoms with van der Waals surface area (Å²) in [7, 11) is 0. The van der Waals surface area contributed by atoms with Gasteiger partial charge in [0.05, 0.1) is 0 Å². The Labute approximate surface area is 76.2 Å². The van der Waals surface area contributed by atoms with Crippen LogP contribution < -0.4 is 5.73 Å². The van der Waals surface area contributed by atoms with E-state index in [2.05, 4.69) is 0 Å². The van der Waals surface area contributed by atoms with Gasteiger partial charge in [0, 0.05) is 12.8 Å². The molecule has 3 N–H and O–H groups in total. The largest absolute Gasteiger partial charge is 0.379 e. The van der Waals surface area contributed by atoms with Crippen molar-refractivity contribution in [3.8, 4) is 0 Å². The Hall–Kier alpha value is -1.35. The first-order chi connectivity index (χ1) is 6.12. The molecule has 3 heteroatoms. The Balaban J connectivity index is 2.37. The van der Waals surface area contributed by atoms with Gasteiger partial charge >= 0.3 is 0 Å². The van der Waals surface area contributed by atoms with E-state index in [-0.39, 0.29) is 0 Å². The smallest absolute Gasteiger partial charge is 0.250 e. The molecule has 13 heavy (non-hydrogen) atoms. The number of rotatable bonds is 1. The Morgan fingerprint density at radius 3 is 2.77 bits per heavy atom. The van der Waals surface area contributed by atoms with E-state index in [1.165, 1.54) is 6.42 Å². The fourth-order valence-corrected chi connectivity index (χ4v) is 1.59. The lowest BCUT2D eigenvalue weighted by Crippen LogP contribution is -2.43. The number of hydrogen-bond donors (Lipinski definition) is 2. The third kappa shape index (κ3) is 1.21. The molecule has 0 spiro atoms. The summed E-state index contributed by atoms with van der Waals surface area (Å²) in [6.45, 7) is 0. The van der Waals surface area contributed by atoms with Crippen molar-refractivity contribution in [2.24, 2.45) is 5.73 Å². The molecule has 1 atom stereocenters. The van der Waals surface area contributed by atoms with Gasteiger partial charge in [-0.25, -0.2) is 0 Å². The standard InChI is InChI=1S/C10H10NO2/c11-9(12)10(13)5-7-3-1-2-4-8(7)6-10/h1-5,13H,6H2,(H2,11,12)/t10-/m1/s1. The number of primary amides is 1. The van der Waals surface area contributed by atoms with Gasteiger partial charge in [0.1, 0.15) is 0 Å². The van der Waals surface area contributed by atoms with E-state index in [0.717, 1.165) is 11.1 Å². The topological polar surface area (TPSA) is 63.3 Å². The van der Waals surface area contributed by atoms with Gasteiger partial charge in [0.15, 0.2) is 5.60 Å². The number of carbonyl (C=O) groups excluding carboxylic acids is 1. The number of nitrogens with two attached hydrogens (primary N) is 1. The molecule has 1 aliphatic rings. The molecule has 0 heterocycles. The van der Waals surface area contributed by atoms with Gasteiger partial charge in [0.25, 0.3) is 0 Å². The number of hydrogen-bond acceptors (Lipinski definition) is 2. The highest BCUT2D eigenvalue weighted by atomic mass is 16.3. The van der Waals surface area contributed by atoms with Crippen LogP contribution in [0.5, 0.6) is 0 Å². The molecule has 2 rings (SSSR count). The summed E-state index contributed by atoms with van der Waals surface area (Å²) in [5.74, 6) is -0.691. The van der Waals surface area contributed by atoms with Crippen LogP contribution in [0.1, 0.15) is 11.1 Å². The maximum atomic E-state index is 10.9. The predicted molar refractivity (Wildman–Crippen MR) is 47.7 cm³/mol. The Kier molecular flexibility index (Phi) is 1.63. The van der Waals surface area contributed by atoms with Gasteiger partial charge in [-0.2, -0.15) is 0 Å². The van der Waals surface area contributed by atoms with E-state index in [1.807, 2.05) is 24.3 Å². The predicted octanol–water partition coefficient (Wildman–Crippen LogP) is 0.0115. The minimum Gasteiger partial charge on any atom is -0.379 e. The monoisotopic (exact) mass is 176 g/mol. The lowest BCUT2D eigenvalue weighted by molar-refractivity contribution is -0.132. The Morgan fingerprint density at radius 2 is 2.15 bits per heavy atom. The lowest BCUT2D eigenvalue weighted by Gasteiger charge is -2.16. The fraction of sp³-hybridized carbons (Fsp3) is 0.200. The molecule has 1 amide bonds. The lowest BCUT2D eigenvalue weighted by atomic mass is 10.0. The van der Waals surface area contributed by atoms with Crippen LogP contribution in [0.2, 0.25) is 0 Å². The molecule has 0 saturated heterocycles. The second-order valence-corrected chi connectivity index (χ2v) is 3.31. The third-order valence-electron chi connectivity index (χ3n) is 2.34. The number of aliphatic hydroxyl groups is 1. The minimum absolute atomic E-state index is 0.290. The van der Waals surface area contributed by atoms with Crippen molar-refractivity contribution in [2.75, 3.05) is 0 Å². The van der Waals surface area contributed by atoms with Crippen LogP contribution in [-0.2, 0) is 11.2 Å². The number of fused-ring (bicyclic) bond motifs is 1. The maximum Gasteiger partial charge on any atom is 0.250 e. The zero-order valence-electron chi connectivity index (χ0n) is 7.03. The first kappa shape index (κ1) is 8.26. The van der Waals surface area contributed by atoms with E-state index in [4.69, 9.17) is 5.73 Å². The molecule has 1 aromatic rings. The van der Waals surface area contributed by atoms with Crippen molar-refractivity contribution in [3.05, 3.63) is 41.8 Å². The first-order valence-corrected chi connectivity index (χ1v) is 4.08. The molecule has 0 aromatic heterocycles. The molecule has 0 saturated carbocycles. The molecular weight excluding hydrogens is 166 g/mol. The Bertz CT molecular complexity index is 335. The SMILES string of the molecule is NC(=O)[C@@]1(O)[CH]c2ccccc2C1. The van der Waals surface area contributed by atoms with Crippen molar-refractivity contribution in [2.45, 2.75) is 12.0 Å². The van der Waals surface area contributed by atoms with Gasteiger partial charge in [0.2, 0.25) is 5.91 Å². The number of benzene rings is 1. The molecule has 0 bridgehead atoms. The van der Waals surface area contributed by atoms with E-state index >= 15 is 0 Å². The highest BCUT2D eigenvalue weighted by Gasteiger charge is 2.40. The zero-order valence-corrected chi connectivity index (χ0v) is 7.03. The summed E-state index contributed by atoms with van der Waals surface area (Å²) < 4.78 is 0. The van der Waals surface area contributed by atoms with Crippen LogP contribution in [0.3, 0.4) is 0 Å². The average molecular weight is 176 g/mol. The van der Waals surface area contributed by atoms with Gasteiger partial charge in [-0.15, -0.1) is 0 Å². The summed E-state index contributed by atoms with van der Waals surface area (Å²) in [4.78, 5) is 10.9. The van der Waals surface area contributed by atoms with Crippen LogP contribution >= 0.6 is 0 Å². The molecule has 3 nitrogen and oxygen atoms in total. The fourth-order valence-electron chi connectivity index (χ4n) is 1.59. The van der Waals surface area contributed by atoms with Crippen LogP contribution in [0, 0.1) is 6.42 Å². The Morgan fingerprint density at radius 1 is 1.46 bits per heavy atom. The van der Waals surface area contributed by atoms with E-state index in [1.54, 1.807) is 0 Å². The summed E-state index contributed by atoms with van der Waals surface area (Å²) in [5.41, 5.74) is 5.46. The normalized spacial score (nSPS) is 18.2. The van der Waals surface area contributed by atoms with Crippen LogP contribution in [-0.4, -0.2) is 16.6 Å². The molecule has 67 valence electrons. The quantitative estimate of drug-likeness (QED) is 0.633. The van der Waals surface area contributed by atoms with Crippen molar-refractivity contribution in [1.29, 1.82) is 0 Å². The first-order valence-electron chi connectivity index (χ1n) is 4.08. The van der Waals surface area contributed by atoms with Gasteiger partial charge < -0.3 is 10.8 Å².